The molecule has 0 aliphatic carbocycles. The summed E-state index contributed by atoms with van der Waals surface area (Å²) in [7, 11) is 0. The Morgan fingerprint density at radius 2 is 1.05 bits per heavy atom. The van der Waals surface area contributed by atoms with Gasteiger partial charge in [0.2, 0.25) is 0 Å². The van der Waals surface area contributed by atoms with E-state index >= 15 is 0 Å². The maximum atomic E-state index is 5.60. The summed E-state index contributed by atoms with van der Waals surface area (Å²) in [4.78, 5) is 0. The van der Waals surface area contributed by atoms with Crippen LogP contribution in [0.1, 0.15) is 43.2 Å². The Balaban J connectivity index is 2.14. The number of fused-ring (bicyclic) bond motifs is 1. The molecule has 0 aromatic heterocycles. The zero-order valence-corrected chi connectivity index (χ0v) is 13.0. The van der Waals surface area contributed by atoms with Gasteiger partial charge in [-0.05, 0) is 73.5 Å². The van der Waals surface area contributed by atoms with E-state index in [0.717, 1.165) is 38.8 Å². The zero-order chi connectivity index (χ0) is 14.9. The van der Waals surface area contributed by atoms with Gasteiger partial charge in [0.05, 0.1) is 0 Å². The van der Waals surface area contributed by atoms with Gasteiger partial charge < -0.3 is 11.5 Å². The van der Waals surface area contributed by atoms with Crippen molar-refractivity contribution < 1.29 is 0 Å². The summed E-state index contributed by atoms with van der Waals surface area (Å²) in [5, 5.41) is 2.85. The highest BCUT2D eigenvalue weighted by atomic mass is 14.5. The lowest BCUT2D eigenvalue weighted by atomic mass is 9.94. The van der Waals surface area contributed by atoms with Gasteiger partial charge in [0, 0.05) is 0 Å². The molecule has 0 fully saturated rings. The normalized spacial score (nSPS) is 11.1. The predicted molar refractivity (Wildman–Crippen MR) is 92.5 cm³/mol. The lowest BCUT2D eigenvalue weighted by Crippen LogP contribution is -2.00. The van der Waals surface area contributed by atoms with E-state index in [9.17, 15) is 0 Å². The molecular formula is C19H28N2. The van der Waals surface area contributed by atoms with E-state index in [0.29, 0.717) is 0 Å². The van der Waals surface area contributed by atoms with Crippen molar-refractivity contribution in [3.05, 3.63) is 47.5 Å². The molecule has 0 aliphatic heterocycles. The molecule has 0 unspecified atom stereocenters. The molecule has 0 radical (unpaired) electrons. The fourth-order valence-corrected chi connectivity index (χ4v) is 2.96. The fraction of sp³-hybridized carbons (Fsp3) is 0.474. The SMILES string of the molecule is NCCCCCc1ccc(CCCCN)c2ccccc12. The van der Waals surface area contributed by atoms with E-state index in [1.807, 2.05) is 0 Å². The van der Waals surface area contributed by atoms with Gasteiger partial charge >= 0.3 is 0 Å². The van der Waals surface area contributed by atoms with Gasteiger partial charge in [0.1, 0.15) is 0 Å². The standard InChI is InChI=1S/C19H28N2/c20-14-6-1-2-8-16-12-13-17(9-5-7-15-21)19-11-4-3-10-18(16)19/h3-4,10-13H,1-2,5-9,14-15,20-21H2. The summed E-state index contributed by atoms with van der Waals surface area (Å²) < 4.78 is 0. The van der Waals surface area contributed by atoms with Gasteiger partial charge in [0.15, 0.2) is 0 Å². The quantitative estimate of drug-likeness (QED) is 0.688. The van der Waals surface area contributed by atoms with E-state index in [4.69, 9.17) is 11.5 Å². The molecule has 21 heavy (non-hydrogen) atoms. The van der Waals surface area contributed by atoms with Crippen LogP contribution >= 0.6 is 0 Å². The van der Waals surface area contributed by atoms with E-state index in [1.54, 1.807) is 0 Å². The molecule has 0 bridgehead atoms. The number of hydrogen-bond acceptors (Lipinski definition) is 2. The number of nitrogens with two attached hydrogens (primary N) is 2. The average molecular weight is 284 g/mol. The lowest BCUT2D eigenvalue weighted by Gasteiger charge is -2.11. The van der Waals surface area contributed by atoms with Crippen molar-refractivity contribution in [2.24, 2.45) is 11.5 Å². The third-order valence-electron chi connectivity index (χ3n) is 4.16. The van der Waals surface area contributed by atoms with E-state index in [-0.39, 0.29) is 0 Å². The first-order chi connectivity index (χ1) is 10.4. The van der Waals surface area contributed by atoms with Crippen LogP contribution in [0.15, 0.2) is 36.4 Å². The van der Waals surface area contributed by atoms with Crippen molar-refractivity contribution in [1.82, 2.24) is 0 Å². The highest BCUT2D eigenvalue weighted by molar-refractivity contribution is 5.88. The van der Waals surface area contributed by atoms with Gasteiger partial charge in [0.25, 0.3) is 0 Å². The van der Waals surface area contributed by atoms with Crippen molar-refractivity contribution in [2.45, 2.75) is 44.9 Å². The van der Waals surface area contributed by atoms with Crippen LogP contribution < -0.4 is 11.5 Å². The van der Waals surface area contributed by atoms with Crippen LogP contribution in [0, 0.1) is 0 Å². The Labute approximate surface area is 128 Å². The number of rotatable bonds is 9. The first-order valence-electron chi connectivity index (χ1n) is 8.26. The monoisotopic (exact) mass is 284 g/mol. The Kier molecular flexibility index (Phi) is 6.71. The number of unbranched alkanes of at least 4 members (excludes halogenated alkanes) is 3. The molecule has 2 aromatic carbocycles. The summed E-state index contributed by atoms with van der Waals surface area (Å²) in [6, 6.07) is 13.5. The highest BCUT2D eigenvalue weighted by Crippen LogP contribution is 2.25. The van der Waals surface area contributed by atoms with Crippen molar-refractivity contribution in [3.63, 3.8) is 0 Å². The topological polar surface area (TPSA) is 52.0 Å². The molecule has 2 aromatic rings. The number of benzene rings is 2. The molecule has 0 saturated heterocycles. The van der Waals surface area contributed by atoms with E-state index in [2.05, 4.69) is 36.4 Å². The molecular weight excluding hydrogens is 256 g/mol. The summed E-state index contributed by atoms with van der Waals surface area (Å²) in [5.74, 6) is 0. The highest BCUT2D eigenvalue weighted by Gasteiger charge is 2.05. The molecule has 0 spiro atoms. The van der Waals surface area contributed by atoms with Crippen molar-refractivity contribution in [3.8, 4) is 0 Å². The largest absolute Gasteiger partial charge is 0.330 e. The van der Waals surface area contributed by atoms with Gasteiger partial charge in [-0.15, -0.1) is 0 Å². The van der Waals surface area contributed by atoms with Crippen LogP contribution in [-0.4, -0.2) is 13.1 Å². The smallest absolute Gasteiger partial charge is 0.00772 e. The molecule has 2 heteroatoms. The molecule has 4 N–H and O–H groups in total. The Hall–Kier alpha value is -1.38. The molecule has 0 saturated carbocycles. The van der Waals surface area contributed by atoms with E-state index in [1.165, 1.54) is 41.2 Å². The molecule has 0 heterocycles. The molecule has 2 nitrogen and oxygen atoms in total. The van der Waals surface area contributed by atoms with Crippen LogP contribution in [0.5, 0.6) is 0 Å². The summed E-state index contributed by atoms with van der Waals surface area (Å²) in [5.41, 5.74) is 14.1. The van der Waals surface area contributed by atoms with Crippen molar-refractivity contribution >= 4 is 10.8 Å². The molecule has 0 amide bonds. The molecule has 0 aliphatic rings. The first kappa shape index (κ1) is 16.0. The maximum absolute atomic E-state index is 5.60. The minimum Gasteiger partial charge on any atom is -0.330 e. The minimum atomic E-state index is 0.789. The summed E-state index contributed by atoms with van der Waals surface area (Å²) in [6.07, 6.45) is 8.16. The minimum absolute atomic E-state index is 0.789. The Morgan fingerprint density at radius 1 is 0.571 bits per heavy atom. The van der Waals surface area contributed by atoms with Gasteiger partial charge in [-0.3, -0.25) is 0 Å². The van der Waals surface area contributed by atoms with Crippen molar-refractivity contribution in [2.75, 3.05) is 13.1 Å². The summed E-state index contributed by atoms with van der Waals surface area (Å²) in [6.45, 7) is 1.60. The number of hydrogen-bond donors (Lipinski definition) is 2. The molecule has 2 rings (SSSR count). The zero-order valence-electron chi connectivity index (χ0n) is 13.0. The van der Waals surface area contributed by atoms with Gasteiger partial charge in [-0.2, -0.15) is 0 Å². The van der Waals surface area contributed by atoms with Gasteiger partial charge in [-0.1, -0.05) is 42.8 Å². The van der Waals surface area contributed by atoms with Gasteiger partial charge in [-0.25, -0.2) is 0 Å². The molecule has 114 valence electrons. The van der Waals surface area contributed by atoms with Crippen LogP contribution in [0.25, 0.3) is 10.8 Å². The second-order valence-electron chi connectivity index (χ2n) is 5.77. The maximum Gasteiger partial charge on any atom is -0.00772 e. The van der Waals surface area contributed by atoms with Crippen LogP contribution in [0.4, 0.5) is 0 Å². The number of aryl methyl sites for hydroxylation is 2. The fourth-order valence-electron chi connectivity index (χ4n) is 2.96. The predicted octanol–water partition coefficient (Wildman–Crippen LogP) is 3.79. The average Bonchev–Trinajstić information content (AvgIpc) is 2.53. The Morgan fingerprint density at radius 3 is 1.57 bits per heavy atom. The Bertz CT molecular complexity index is 548. The second kappa shape index (κ2) is 8.81. The van der Waals surface area contributed by atoms with Crippen LogP contribution in [-0.2, 0) is 12.8 Å². The lowest BCUT2D eigenvalue weighted by molar-refractivity contribution is 0.688. The van der Waals surface area contributed by atoms with E-state index < -0.39 is 0 Å². The summed E-state index contributed by atoms with van der Waals surface area (Å²) >= 11 is 0. The van der Waals surface area contributed by atoms with Crippen molar-refractivity contribution in [1.29, 1.82) is 0 Å². The van der Waals surface area contributed by atoms with Crippen LogP contribution in [0.2, 0.25) is 0 Å². The van der Waals surface area contributed by atoms with Crippen LogP contribution in [0.3, 0.4) is 0 Å². The third-order valence-corrected chi connectivity index (χ3v) is 4.16. The first-order valence-corrected chi connectivity index (χ1v) is 8.26. The third kappa shape index (κ3) is 4.55. The second-order valence-corrected chi connectivity index (χ2v) is 5.77. The molecule has 0 atom stereocenters.